The zero-order valence-corrected chi connectivity index (χ0v) is 16.6. The molecule has 0 bridgehead atoms. The van der Waals surface area contributed by atoms with Crippen LogP contribution in [0.25, 0.3) is 0 Å². The van der Waals surface area contributed by atoms with Gasteiger partial charge in [-0.05, 0) is 58.2 Å². The van der Waals surface area contributed by atoms with Gasteiger partial charge < -0.3 is 25.2 Å². The Balaban J connectivity index is 2.46. The third-order valence-corrected chi connectivity index (χ3v) is 3.62. The molecule has 0 aliphatic rings. The van der Waals surface area contributed by atoms with E-state index in [-0.39, 0.29) is 6.10 Å². The number of nitrogens with zero attached hydrogens (tertiary/aromatic N) is 1. The molecular formula is C20H35N3O3. The Kier molecular flexibility index (Phi) is 11.5. The van der Waals surface area contributed by atoms with E-state index in [4.69, 9.17) is 9.47 Å². The predicted octanol–water partition coefficient (Wildman–Crippen LogP) is 2.88. The summed E-state index contributed by atoms with van der Waals surface area (Å²) in [4.78, 5) is 4.48. The highest BCUT2D eigenvalue weighted by Crippen LogP contribution is 2.19. The van der Waals surface area contributed by atoms with Crippen LogP contribution in [-0.4, -0.2) is 50.0 Å². The molecule has 1 rings (SSSR count). The molecule has 6 nitrogen and oxygen atoms in total. The molecule has 0 fully saturated rings. The van der Waals surface area contributed by atoms with Gasteiger partial charge in [0.1, 0.15) is 5.75 Å². The van der Waals surface area contributed by atoms with Gasteiger partial charge in [-0.25, -0.2) is 0 Å². The normalized spacial score (nSPS) is 12.9. The molecule has 148 valence electrons. The maximum Gasteiger partial charge on any atom is 0.191 e. The van der Waals surface area contributed by atoms with Crippen molar-refractivity contribution in [2.75, 3.05) is 32.8 Å². The van der Waals surface area contributed by atoms with E-state index < -0.39 is 6.10 Å². The summed E-state index contributed by atoms with van der Waals surface area (Å²) < 4.78 is 11.0. The molecule has 0 amide bonds. The monoisotopic (exact) mass is 365 g/mol. The Morgan fingerprint density at radius 2 is 1.85 bits per heavy atom. The van der Waals surface area contributed by atoms with Crippen molar-refractivity contribution in [3.63, 3.8) is 0 Å². The molecule has 1 aromatic rings. The highest BCUT2D eigenvalue weighted by Gasteiger charge is 2.08. The van der Waals surface area contributed by atoms with Crippen LogP contribution in [0.5, 0.6) is 5.75 Å². The molecule has 0 saturated heterocycles. The first kappa shape index (κ1) is 22.3. The van der Waals surface area contributed by atoms with Crippen LogP contribution in [0.2, 0.25) is 0 Å². The Hall–Kier alpha value is -1.79. The Morgan fingerprint density at radius 1 is 1.12 bits per heavy atom. The molecule has 0 aliphatic carbocycles. The molecule has 6 heteroatoms. The number of aliphatic imine (C=N–C) groups is 1. The van der Waals surface area contributed by atoms with Crippen LogP contribution in [0.1, 0.15) is 52.2 Å². The van der Waals surface area contributed by atoms with E-state index in [1.54, 1.807) is 0 Å². The third-order valence-electron chi connectivity index (χ3n) is 3.62. The predicted molar refractivity (Wildman–Crippen MR) is 107 cm³/mol. The lowest BCUT2D eigenvalue weighted by Gasteiger charge is -2.14. The minimum absolute atomic E-state index is 0.137. The van der Waals surface area contributed by atoms with Crippen LogP contribution in [0.4, 0.5) is 0 Å². The van der Waals surface area contributed by atoms with Gasteiger partial charge in [-0.15, -0.1) is 0 Å². The molecule has 0 aromatic heterocycles. The molecule has 1 aromatic carbocycles. The largest absolute Gasteiger partial charge is 0.491 e. The summed E-state index contributed by atoms with van der Waals surface area (Å²) in [5.41, 5.74) is 0.831. The summed E-state index contributed by atoms with van der Waals surface area (Å²) in [5, 5.41) is 16.8. The second kappa shape index (κ2) is 13.4. The molecule has 0 aliphatic heterocycles. The molecule has 26 heavy (non-hydrogen) atoms. The van der Waals surface area contributed by atoms with Crippen molar-refractivity contribution in [3.8, 4) is 5.75 Å². The van der Waals surface area contributed by atoms with Crippen LogP contribution in [0.15, 0.2) is 29.3 Å². The Morgan fingerprint density at radius 3 is 2.46 bits per heavy atom. The van der Waals surface area contributed by atoms with Crippen molar-refractivity contribution in [3.05, 3.63) is 29.8 Å². The summed E-state index contributed by atoms with van der Waals surface area (Å²) in [6, 6.07) is 7.52. The lowest BCUT2D eigenvalue weighted by Crippen LogP contribution is -2.38. The van der Waals surface area contributed by atoms with Crippen LogP contribution in [0, 0.1) is 0 Å². The Labute approximate surface area is 158 Å². The van der Waals surface area contributed by atoms with E-state index in [1.165, 1.54) is 0 Å². The summed E-state index contributed by atoms with van der Waals surface area (Å²) in [7, 11) is 0. The summed E-state index contributed by atoms with van der Waals surface area (Å²) in [5.74, 6) is 1.53. The zero-order chi connectivity index (χ0) is 19.2. The maximum atomic E-state index is 10.4. The summed E-state index contributed by atoms with van der Waals surface area (Å²) >= 11 is 0. The number of hydrogen-bond acceptors (Lipinski definition) is 4. The van der Waals surface area contributed by atoms with Gasteiger partial charge in [0.2, 0.25) is 0 Å². The quantitative estimate of drug-likeness (QED) is 0.302. The minimum Gasteiger partial charge on any atom is -0.491 e. The van der Waals surface area contributed by atoms with E-state index in [0.29, 0.717) is 6.54 Å². The Bertz CT molecular complexity index is 504. The number of benzene rings is 1. The van der Waals surface area contributed by atoms with Crippen molar-refractivity contribution in [2.45, 2.75) is 52.7 Å². The van der Waals surface area contributed by atoms with Gasteiger partial charge in [0.25, 0.3) is 0 Å². The second-order valence-electron chi connectivity index (χ2n) is 6.30. The number of guanidine groups is 1. The lowest BCUT2D eigenvalue weighted by molar-refractivity contribution is 0.143. The number of nitrogens with one attached hydrogen (secondary N) is 2. The van der Waals surface area contributed by atoms with Crippen molar-refractivity contribution < 1.29 is 14.6 Å². The van der Waals surface area contributed by atoms with Crippen LogP contribution < -0.4 is 15.4 Å². The molecule has 3 N–H and O–H groups in total. The van der Waals surface area contributed by atoms with Gasteiger partial charge in [0, 0.05) is 26.3 Å². The number of unbranched alkanes of at least 4 members (excludes halogenated alkanes) is 1. The number of rotatable bonds is 12. The van der Waals surface area contributed by atoms with Crippen molar-refractivity contribution in [1.29, 1.82) is 0 Å². The maximum absolute atomic E-state index is 10.4. The number of hydrogen-bond donors (Lipinski definition) is 3. The number of aliphatic hydroxyl groups is 1. The zero-order valence-electron chi connectivity index (χ0n) is 16.6. The smallest absolute Gasteiger partial charge is 0.191 e. The van der Waals surface area contributed by atoms with Crippen LogP contribution in [-0.2, 0) is 4.74 Å². The van der Waals surface area contributed by atoms with Crippen LogP contribution >= 0.6 is 0 Å². The fourth-order valence-electron chi connectivity index (χ4n) is 2.35. The standard InChI is InChI=1S/C20H35N3O3/c1-5-21-20(22-13-7-8-14-25-6-2)23-15-19(24)17-9-11-18(12-10-17)26-16(3)4/h9-12,16,19,24H,5-8,13-15H2,1-4H3,(H2,21,22,23). The summed E-state index contributed by atoms with van der Waals surface area (Å²) in [6.45, 7) is 11.5. The first-order chi connectivity index (χ1) is 12.6. The molecule has 0 radical (unpaired) electrons. The van der Waals surface area contributed by atoms with Crippen molar-refractivity contribution >= 4 is 5.96 Å². The van der Waals surface area contributed by atoms with Gasteiger partial charge in [-0.2, -0.15) is 0 Å². The van der Waals surface area contributed by atoms with Crippen molar-refractivity contribution in [2.24, 2.45) is 4.99 Å². The lowest BCUT2D eigenvalue weighted by atomic mass is 10.1. The van der Waals surface area contributed by atoms with Crippen LogP contribution in [0.3, 0.4) is 0 Å². The molecule has 0 heterocycles. The minimum atomic E-state index is -0.642. The topological polar surface area (TPSA) is 75.1 Å². The fraction of sp³-hybridized carbons (Fsp3) is 0.650. The molecule has 0 saturated carbocycles. The van der Waals surface area contributed by atoms with Gasteiger partial charge in [0.15, 0.2) is 5.96 Å². The van der Waals surface area contributed by atoms with E-state index in [2.05, 4.69) is 15.6 Å². The average Bonchev–Trinajstić information content (AvgIpc) is 2.62. The molecular weight excluding hydrogens is 330 g/mol. The van der Waals surface area contributed by atoms with Gasteiger partial charge in [-0.3, -0.25) is 4.99 Å². The van der Waals surface area contributed by atoms with Gasteiger partial charge in [0.05, 0.1) is 18.8 Å². The molecule has 1 atom stereocenters. The number of ether oxygens (including phenoxy) is 2. The second-order valence-corrected chi connectivity index (χ2v) is 6.30. The van der Waals surface area contributed by atoms with Gasteiger partial charge in [-0.1, -0.05) is 12.1 Å². The highest BCUT2D eigenvalue weighted by molar-refractivity contribution is 5.79. The van der Waals surface area contributed by atoms with E-state index in [0.717, 1.165) is 56.4 Å². The van der Waals surface area contributed by atoms with Crippen molar-refractivity contribution in [1.82, 2.24) is 10.6 Å². The molecule has 1 unspecified atom stereocenters. The number of aliphatic hydroxyl groups excluding tert-OH is 1. The third kappa shape index (κ3) is 9.63. The van der Waals surface area contributed by atoms with E-state index in [9.17, 15) is 5.11 Å². The average molecular weight is 366 g/mol. The first-order valence-electron chi connectivity index (χ1n) is 9.61. The summed E-state index contributed by atoms with van der Waals surface area (Å²) in [6.07, 6.45) is 1.53. The van der Waals surface area contributed by atoms with E-state index in [1.807, 2.05) is 52.0 Å². The first-order valence-corrected chi connectivity index (χ1v) is 9.61. The van der Waals surface area contributed by atoms with Gasteiger partial charge >= 0.3 is 0 Å². The highest BCUT2D eigenvalue weighted by atomic mass is 16.5. The fourth-order valence-corrected chi connectivity index (χ4v) is 2.35. The van der Waals surface area contributed by atoms with E-state index >= 15 is 0 Å². The molecule has 0 spiro atoms. The SMILES string of the molecule is CCNC(=NCC(O)c1ccc(OC(C)C)cc1)NCCCCOCC.